The van der Waals surface area contributed by atoms with E-state index in [1.165, 1.54) is 165 Å². The summed E-state index contributed by atoms with van der Waals surface area (Å²) >= 11 is 3.46. The molecule has 0 saturated heterocycles. The van der Waals surface area contributed by atoms with Gasteiger partial charge in [0.1, 0.15) is 22.9 Å². The summed E-state index contributed by atoms with van der Waals surface area (Å²) in [5.41, 5.74) is 5.03. The van der Waals surface area contributed by atoms with Gasteiger partial charge in [-0.25, -0.2) is 0 Å². The van der Waals surface area contributed by atoms with Crippen LogP contribution < -0.4 is 0 Å². The summed E-state index contributed by atoms with van der Waals surface area (Å²) in [7, 11) is 0. The minimum Gasteiger partial charge on any atom is -0.454 e. The Hall–Kier alpha value is -3.62. The molecule has 0 aliphatic carbocycles. The van der Waals surface area contributed by atoms with Crippen molar-refractivity contribution in [2.45, 2.75) is 274 Å². The maximum atomic E-state index is 15.9. The highest BCUT2D eigenvalue weighted by Gasteiger charge is 2.51. The number of nitrogens with zero attached hydrogens (tertiary/aromatic N) is 2. The van der Waals surface area contributed by atoms with Crippen molar-refractivity contribution >= 4 is 45.9 Å². The largest absolute Gasteiger partial charge is 0.454 e. The van der Waals surface area contributed by atoms with E-state index in [-0.39, 0.29) is 11.8 Å². The third-order valence-electron chi connectivity index (χ3n) is 16.0. The topological polar surface area (TPSA) is 66.9 Å². The number of carbonyl (C=O) groups is 2. The third kappa shape index (κ3) is 19.3. The molecule has 76 heavy (non-hydrogen) atoms. The van der Waals surface area contributed by atoms with Crippen molar-refractivity contribution in [2.24, 2.45) is 11.8 Å². The van der Waals surface area contributed by atoms with Gasteiger partial charge >= 0.3 is 0 Å². The molecule has 0 fully saturated rings. The minimum atomic E-state index is -0.0790. The molecule has 2 amide bonds. The van der Waals surface area contributed by atoms with Gasteiger partial charge in [0.2, 0.25) is 0 Å². The quantitative estimate of drug-likeness (QED) is 0.0415. The molecule has 2 atom stereocenters. The number of hydrogen-bond acceptors (Lipinski definition) is 6. The van der Waals surface area contributed by atoms with Crippen LogP contribution in [0.4, 0.5) is 0 Å². The summed E-state index contributed by atoms with van der Waals surface area (Å²) in [5.74, 6) is 3.32. The zero-order valence-electron chi connectivity index (χ0n) is 49.6. The highest BCUT2D eigenvalue weighted by molar-refractivity contribution is 7.14. The van der Waals surface area contributed by atoms with Crippen LogP contribution in [0.5, 0.6) is 0 Å². The number of fused-ring (bicyclic) bond motifs is 1. The van der Waals surface area contributed by atoms with Crippen LogP contribution in [0, 0.1) is 11.8 Å². The first-order chi connectivity index (χ1) is 37.3. The lowest BCUT2D eigenvalue weighted by molar-refractivity contribution is -0.124. The smallest absolute Gasteiger partial charge is 0.261 e. The SMILES string of the molecule is CC.CCCCCCCCC(CCCCCC)CN1C(=O)C2=C(c3ccc(-c4cc(CCCCCC)cs4)o3)N(CC(CCCCCC)CCCCCCCC)C(=O)C2=C1c1ccc(-c2cc(CCCCCC)cs2)o1. The molecule has 0 aromatic carbocycles. The predicted molar refractivity (Wildman–Crippen MR) is 329 cm³/mol. The maximum Gasteiger partial charge on any atom is 0.261 e. The Kier molecular flexibility index (Phi) is 30.4. The van der Waals surface area contributed by atoms with Gasteiger partial charge in [-0.05, 0) is 121 Å². The van der Waals surface area contributed by atoms with Crippen LogP contribution in [-0.4, -0.2) is 34.7 Å². The molecule has 0 N–H and O–H groups in total. The molecule has 424 valence electrons. The van der Waals surface area contributed by atoms with Gasteiger partial charge in [0.25, 0.3) is 11.8 Å². The van der Waals surface area contributed by atoms with E-state index in [9.17, 15) is 0 Å². The molecule has 0 spiro atoms. The second kappa shape index (κ2) is 36.5. The fourth-order valence-electron chi connectivity index (χ4n) is 11.6. The van der Waals surface area contributed by atoms with E-state index in [0.717, 1.165) is 85.5 Å². The molecule has 2 aliphatic heterocycles. The van der Waals surface area contributed by atoms with Gasteiger partial charge < -0.3 is 18.6 Å². The fraction of sp³-hybridized carbons (Fsp3) is 0.676. The molecule has 4 aromatic heterocycles. The highest BCUT2D eigenvalue weighted by Crippen LogP contribution is 2.49. The first-order valence-electron chi connectivity index (χ1n) is 31.8. The maximum absolute atomic E-state index is 15.9. The number of thiophene rings is 2. The minimum absolute atomic E-state index is 0.0790. The van der Waals surface area contributed by atoms with Crippen LogP contribution in [0.2, 0.25) is 0 Å². The molecule has 4 aromatic rings. The summed E-state index contributed by atoms with van der Waals surface area (Å²) in [4.78, 5) is 37.9. The van der Waals surface area contributed by atoms with Crippen molar-refractivity contribution in [3.8, 4) is 21.3 Å². The number of furan rings is 2. The lowest BCUT2D eigenvalue weighted by Crippen LogP contribution is -2.34. The molecule has 0 bridgehead atoms. The van der Waals surface area contributed by atoms with Crippen molar-refractivity contribution in [3.63, 3.8) is 0 Å². The predicted octanol–water partition coefficient (Wildman–Crippen LogP) is 22.1. The van der Waals surface area contributed by atoms with Crippen LogP contribution in [0.1, 0.15) is 284 Å². The summed E-state index contributed by atoms with van der Waals surface area (Å²) in [6, 6.07) is 12.8. The summed E-state index contributed by atoms with van der Waals surface area (Å²) < 4.78 is 13.9. The Balaban J connectivity index is 0.00000527. The van der Waals surface area contributed by atoms with Crippen molar-refractivity contribution in [1.82, 2.24) is 9.80 Å². The van der Waals surface area contributed by atoms with Gasteiger partial charge in [0, 0.05) is 13.1 Å². The van der Waals surface area contributed by atoms with Crippen LogP contribution in [0.15, 0.2) is 67.1 Å². The Morgan fingerprint density at radius 1 is 0.395 bits per heavy atom. The van der Waals surface area contributed by atoms with E-state index in [0.29, 0.717) is 59.0 Å². The highest BCUT2D eigenvalue weighted by atomic mass is 32.1. The van der Waals surface area contributed by atoms with Crippen molar-refractivity contribution in [2.75, 3.05) is 13.1 Å². The monoisotopic (exact) mass is 1080 g/mol. The van der Waals surface area contributed by atoms with Crippen LogP contribution in [0.3, 0.4) is 0 Å². The first-order valence-corrected chi connectivity index (χ1v) is 33.6. The number of aryl methyl sites for hydroxylation is 2. The lowest BCUT2D eigenvalue weighted by Gasteiger charge is -2.29. The van der Waals surface area contributed by atoms with Crippen molar-refractivity contribution in [1.29, 1.82) is 0 Å². The normalized spacial score (nSPS) is 14.4. The summed E-state index contributed by atoms with van der Waals surface area (Å²) in [6.45, 7) is 18.8. The molecule has 2 aliphatic rings. The average molecular weight is 1080 g/mol. The van der Waals surface area contributed by atoms with E-state index >= 15 is 9.59 Å². The van der Waals surface area contributed by atoms with Crippen LogP contribution in [-0.2, 0) is 22.4 Å². The zero-order chi connectivity index (χ0) is 54.3. The van der Waals surface area contributed by atoms with Gasteiger partial charge in [0.15, 0.2) is 11.5 Å². The Labute approximate surface area is 472 Å². The Morgan fingerprint density at radius 2 is 0.684 bits per heavy atom. The van der Waals surface area contributed by atoms with E-state index in [4.69, 9.17) is 8.83 Å². The number of unbranched alkanes of at least 4 members (excludes halogenated alkanes) is 22. The lowest BCUT2D eigenvalue weighted by atomic mass is 9.93. The van der Waals surface area contributed by atoms with E-state index in [1.54, 1.807) is 22.7 Å². The molecule has 0 radical (unpaired) electrons. The third-order valence-corrected chi connectivity index (χ3v) is 18.0. The molecular weight excluding hydrogens is 973 g/mol. The van der Waals surface area contributed by atoms with Gasteiger partial charge in [-0.2, -0.15) is 0 Å². The van der Waals surface area contributed by atoms with Crippen molar-refractivity contribution in [3.05, 3.63) is 81.0 Å². The number of hydrogen-bond donors (Lipinski definition) is 0. The molecule has 0 saturated carbocycles. The molecular formula is C68H106N2O4S2. The van der Waals surface area contributed by atoms with Gasteiger partial charge in [-0.3, -0.25) is 9.59 Å². The van der Waals surface area contributed by atoms with E-state index in [2.05, 4.69) is 76.6 Å². The average Bonchev–Trinajstić information content (AvgIpc) is 4.39. The summed E-state index contributed by atoms with van der Waals surface area (Å²) in [5, 5.41) is 4.56. The second-order valence-corrected chi connectivity index (χ2v) is 24.2. The molecule has 6 nitrogen and oxygen atoms in total. The Morgan fingerprint density at radius 3 is 1.03 bits per heavy atom. The first kappa shape index (κ1) is 63.2. The molecule has 6 rings (SSSR count). The van der Waals surface area contributed by atoms with Crippen LogP contribution in [0.25, 0.3) is 32.7 Å². The second-order valence-electron chi connectivity index (χ2n) is 22.4. The van der Waals surface area contributed by atoms with E-state index < -0.39 is 0 Å². The summed E-state index contributed by atoms with van der Waals surface area (Å²) in [6.07, 6.45) is 40.9. The number of carbonyl (C=O) groups excluding carboxylic acids is 2. The van der Waals surface area contributed by atoms with Gasteiger partial charge in [-0.1, -0.05) is 222 Å². The fourth-order valence-corrected chi connectivity index (χ4v) is 13.4. The van der Waals surface area contributed by atoms with Crippen LogP contribution >= 0.6 is 22.7 Å². The number of rotatable bonds is 42. The van der Waals surface area contributed by atoms with Gasteiger partial charge in [-0.15, -0.1) is 22.7 Å². The zero-order valence-corrected chi connectivity index (χ0v) is 51.2. The van der Waals surface area contributed by atoms with Gasteiger partial charge in [0.05, 0.1) is 20.9 Å². The molecule has 6 heterocycles. The standard InChI is InChI=1S/C66H100N2O4S2.C2H6/c1-7-13-19-25-27-33-37-51(35-29-21-15-9-3)47-67-63(57-43-41-55(71-57)59-45-53(49-73-59)39-31-23-17-11-5)61-62(65(67)69)64(58-44-42-56(72-58)60-46-54(50-74-60)40-32-24-18-12-6)68(66(61)70)48-52(36-30-22-16-10-4)38-34-28-26-20-14-8-2;1-2/h41-46,49-52H,7-40,47-48H2,1-6H3;1-2H3. The van der Waals surface area contributed by atoms with Crippen molar-refractivity contribution < 1.29 is 18.4 Å². The molecule has 8 heteroatoms. The van der Waals surface area contributed by atoms with E-state index in [1.807, 2.05) is 35.8 Å². The molecule has 2 unspecified atom stereocenters. The number of amides is 2. The Bertz CT molecular complexity index is 2130.